The van der Waals surface area contributed by atoms with Crippen LogP contribution in [0.3, 0.4) is 0 Å². The van der Waals surface area contributed by atoms with E-state index >= 15 is 0 Å². The van der Waals surface area contributed by atoms with Crippen molar-refractivity contribution < 1.29 is 4.57 Å². The summed E-state index contributed by atoms with van der Waals surface area (Å²) in [5.74, 6) is 1.54. The molecular weight excluding hydrogens is 412 g/mol. The number of unbranched alkanes of at least 4 members (excludes halogenated alkanes) is 21. The lowest BCUT2D eigenvalue weighted by Crippen LogP contribution is -2.37. The molecule has 1 aromatic rings. The van der Waals surface area contributed by atoms with Gasteiger partial charge in [-0.1, -0.05) is 143 Å². The van der Waals surface area contributed by atoms with Crippen LogP contribution < -0.4 is 4.57 Å². The van der Waals surface area contributed by atoms with Gasteiger partial charge >= 0.3 is 0 Å². The Bertz CT molecular complexity index is 533. The Kier molecular flexibility index (Phi) is 22.0. The molecule has 34 heavy (non-hydrogen) atoms. The maximum Gasteiger partial charge on any atom is 0.256 e. The number of imidazole rings is 1. The van der Waals surface area contributed by atoms with Crippen molar-refractivity contribution in [1.29, 1.82) is 0 Å². The first-order valence-electron chi connectivity index (χ1n) is 15.9. The summed E-state index contributed by atoms with van der Waals surface area (Å²) < 4.78 is 5.07. The molecule has 0 bridgehead atoms. The molecule has 1 rings (SSSR count). The first kappa shape index (κ1) is 31.2. The highest BCUT2D eigenvalue weighted by molar-refractivity contribution is 4.83. The number of aryl methyl sites for hydroxylation is 2. The van der Waals surface area contributed by atoms with Crippen molar-refractivity contribution >= 4 is 0 Å². The van der Waals surface area contributed by atoms with E-state index in [1.807, 2.05) is 0 Å². The van der Waals surface area contributed by atoms with E-state index in [1.165, 1.54) is 167 Å². The fourth-order valence-corrected chi connectivity index (χ4v) is 5.38. The second kappa shape index (κ2) is 23.9. The largest absolute Gasteiger partial charge is 0.256 e. The fourth-order valence-electron chi connectivity index (χ4n) is 5.38. The Morgan fingerprint density at radius 3 is 1.29 bits per heavy atom. The summed E-state index contributed by atoms with van der Waals surface area (Å²) in [4.78, 5) is 0. The quantitative estimate of drug-likeness (QED) is 0.0930. The maximum absolute atomic E-state index is 2.54. The highest BCUT2D eigenvalue weighted by Crippen LogP contribution is 2.13. The van der Waals surface area contributed by atoms with Crippen LogP contribution in [0.2, 0.25) is 0 Å². The van der Waals surface area contributed by atoms with Crippen molar-refractivity contribution in [3.05, 3.63) is 18.2 Å². The highest BCUT2D eigenvalue weighted by atomic mass is 15.1. The third-order valence-corrected chi connectivity index (χ3v) is 7.66. The molecule has 0 atom stereocenters. The third-order valence-electron chi connectivity index (χ3n) is 7.66. The normalized spacial score (nSPS) is 11.5. The molecule has 1 aromatic heterocycles. The first-order valence-corrected chi connectivity index (χ1v) is 15.9. The summed E-state index contributed by atoms with van der Waals surface area (Å²) in [6.45, 7) is 9.36. The first-order chi connectivity index (χ1) is 16.8. The summed E-state index contributed by atoms with van der Waals surface area (Å²) in [6.07, 6.45) is 38.7. The van der Waals surface area contributed by atoms with Crippen molar-refractivity contribution in [2.24, 2.45) is 0 Å². The third kappa shape index (κ3) is 16.8. The van der Waals surface area contributed by atoms with E-state index in [0.29, 0.717) is 0 Å². The lowest BCUT2D eigenvalue weighted by molar-refractivity contribution is -0.704. The van der Waals surface area contributed by atoms with Crippen LogP contribution >= 0.6 is 0 Å². The predicted octanol–water partition coefficient (Wildman–Crippen LogP) is 10.4. The Morgan fingerprint density at radius 1 is 0.500 bits per heavy atom. The monoisotopic (exact) mass is 475 g/mol. The van der Waals surface area contributed by atoms with Crippen LogP contribution in [-0.2, 0) is 19.5 Å². The topological polar surface area (TPSA) is 8.81 Å². The van der Waals surface area contributed by atoms with Crippen molar-refractivity contribution in [3.8, 4) is 0 Å². The van der Waals surface area contributed by atoms with Gasteiger partial charge in [0.25, 0.3) is 5.82 Å². The van der Waals surface area contributed by atoms with Crippen LogP contribution in [0, 0.1) is 0 Å². The molecule has 200 valence electrons. The van der Waals surface area contributed by atoms with Crippen LogP contribution in [-0.4, -0.2) is 4.57 Å². The lowest BCUT2D eigenvalue weighted by atomic mass is 10.1. The van der Waals surface area contributed by atoms with Gasteiger partial charge < -0.3 is 0 Å². The zero-order valence-electron chi connectivity index (χ0n) is 23.9. The average molecular weight is 476 g/mol. The molecule has 0 unspecified atom stereocenters. The van der Waals surface area contributed by atoms with E-state index in [2.05, 4.69) is 42.3 Å². The molecule has 0 aliphatic heterocycles. The molecule has 2 nitrogen and oxygen atoms in total. The van der Waals surface area contributed by atoms with E-state index in [0.717, 1.165) is 6.42 Å². The molecule has 0 saturated carbocycles. The Balaban J connectivity index is 2.01. The fraction of sp³-hybridized carbons (Fsp3) is 0.906. The number of aromatic nitrogens is 2. The summed E-state index contributed by atoms with van der Waals surface area (Å²) in [6, 6.07) is 0. The van der Waals surface area contributed by atoms with Gasteiger partial charge in [-0.2, -0.15) is 0 Å². The average Bonchev–Trinajstić information content (AvgIpc) is 3.24. The highest BCUT2D eigenvalue weighted by Gasteiger charge is 2.14. The minimum Gasteiger partial charge on any atom is -0.234 e. The van der Waals surface area contributed by atoms with Crippen molar-refractivity contribution in [2.75, 3.05) is 0 Å². The minimum absolute atomic E-state index is 1.16. The summed E-state index contributed by atoms with van der Waals surface area (Å²) >= 11 is 0. The predicted molar refractivity (Wildman–Crippen MR) is 152 cm³/mol. The standard InChI is InChI=1S/C32H63N2/c1-4-7-9-11-13-15-17-19-21-23-25-27-29-34-31-30-33(32(34)6-3)28-26-24-22-20-18-16-14-12-10-8-5-2/h30-31H,4-29H2,1-3H3/q+1. The van der Waals surface area contributed by atoms with E-state index in [9.17, 15) is 0 Å². The second-order valence-corrected chi connectivity index (χ2v) is 10.9. The van der Waals surface area contributed by atoms with Crippen LogP contribution in [0.5, 0.6) is 0 Å². The zero-order chi connectivity index (χ0) is 24.5. The van der Waals surface area contributed by atoms with E-state index in [-0.39, 0.29) is 0 Å². The number of hydrogen-bond donors (Lipinski definition) is 0. The van der Waals surface area contributed by atoms with Gasteiger partial charge in [-0.15, -0.1) is 0 Å². The Hall–Kier alpha value is -0.790. The van der Waals surface area contributed by atoms with Gasteiger partial charge in [-0.3, -0.25) is 0 Å². The smallest absolute Gasteiger partial charge is 0.234 e. The SMILES string of the molecule is CCCCCCCCCCCCCC[n+]1ccn(CCCCCCCCCCCCC)c1CC. The van der Waals surface area contributed by atoms with Gasteiger partial charge in [0.2, 0.25) is 0 Å². The van der Waals surface area contributed by atoms with Gasteiger partial charge in [-0.25, -0.2) is 9.13 Å². The minimum atomic E-state index is 1.16. The van der Waals surface area contributed by atoms with Crippen molar-refractivity contribution in [1.82, 2.24) is 4.57 Å². The lowest BCUT2D eigenvalue weighted by Gasteiger charge is -2.05. The summed E-state index contributed by atoms with van der Waals surface area (Å²) in [5.41, 5.74) is 0. The van der Waals surface area contributed by atoms with Gasteiger partial charge in [0, 0.05) is 6.42 Å². The van der Waals surface area contributed by atoms with Gasteiger partial charge in [0.15, 0.2) is 0 Å². The molecule has 0 radical (unpaired) electrons. The molecule has 0 aliphatic carbocycles. The zero-order valence-corrected chi connectivity index (χ0v) is 23.9. The van der Waals surface area contributed by atoms with E-state index in [4.69, 9.17) is 0 Å². The molecule has 0 N–H and O–H groups in total. The Labute approximate surface area is 215 Å². The van der Waals surface area contributed by atoms with Crippen LogP contribution in [0.1, 0.15) is 174 Å². The number of nitrogens with zero attached hydrogens (tertiary/aromatic N) is 2. The molecule has 1 heterocycles. The number of rotatable bonds is 26. The molecule has 0 fully saturated rings. The van der Waals surface area contributed by atoms with Gasteiger partial charge in [0.05, 0.1) is 13.1 Å². The molecular formula is C32H63N2+. The molecule has 0 aromatic carbocycles. The van der Waals surface area contributed by atoms with Gasteiger partial charge in [-0.05, 0) is 25.7 Å². The maximum atomic E-state index is 2.54. The van der Waals surface area contributed by atoms with Gasteiger partial charge in [0.1, 0.15) is 12.4 Å². The number of hydrogen-bond acceptors (Lipinski definition) is 0. The molecule has 0 spiro atoms. The van der Waals surface area contributed by atoms with Crippen molar-refractivity contribution in [3.63, 3.8) is 0 Å². The summed E-state index contributed by atoms with van der Waals surface area (Å²) in [7, 11) is 0. The molecule has 0 aliphatic rings. The molecule has 2 heteroatoms. The van der Waals surface area contributed by atoms with Crippen LogP contribution in [0.15, 0.2) is 12.4 Å². The molecule has 0 saturated heterocycles. The summed E-state index contributed by atoms with van der Waals surface area (Å²) in [5, 5.41) is 0. The van der Waals surface area contributed by atoms with E-state index in [1.54, 1.807) is 0 Å². The second-order valence-electron chi connectivity index (χ2n) is 10.9. The van der Waals surface area contributed by atoms with Crippen molar-refractivity contribution in [2.45, 2.75) is 188 Å². The molecule has 0 amide bonds. The van der Waals surface area contributed by atoms with E-state index < -0.39 is 0 Å². The van der Waals surface area contributed by atoms with Crippen LogP contribution in [0.4, 0.5) is 0 Å². The van der Waals surface area contributed by atoms with Crippen LogP contribution in [0.25, 0.3) is 0 Å². The Morgan fingerprint density at radius 2 is 0.882 bits per heavy atom.